The van der Waals surface area contributed by atoms with Gasteiger partial charge in [-0.15, -0.1) is 11.3 Å². The van der Waals surface area contributed by atoms with Crippen molar-refractivity contribution in [1.29, 1.82) is 0 Å². The van der Waals surface area contributed by atoms with Crippen molar-refractivity contribution in [1.82, 2.24) is 4.98 Å². The minimum atomic E-state index is -3.75. The predicted molar refractivity (Wildman–Crippen MR) is 110 cm³/mol. The molecule has 1 heterocycles. The Hall–Kier alpha value is -2.33. The van der Waals surface area contributed by atoms with Crippen LogP contribution in [0.25, 0.3) is 0 Å². The van der Waals surface area contributed by atoms with Crippen LogP contribution in [0.15, 0.2) is 58.9 Å². The Labute approximate surface area is 175 Å². The number of benzene rings is 2. The van der Waals surface area contributed by atoms with E-state index < -0.39 is 15.9 Å². The van der Waals surface area contributed by atoms with Gasteiger partial charge in [-0.1, -0.05) is 23.2 Å². The van der Waals surface area contributed by atoms with Gasteiger partial charge in [0.2, 0.25) is 0 Å². The molecule has 0 fully saturated rings. The van der Waals surface area contributed by atoms with Gasteiger partial charge in [-0.05, 0) is 36.4 Å². The lowest BCUT2D eigenvalue weighted by atomic mass is 10.3. The van der Waals surface area contributed by atoms with Crippen molar-refractivity contribution in [3.63, 3.8) is 0 Å². The van der Waals surface area contributed by atoms with Crippen LogP contribution in [0.4, 0.5) is 10.8 Å². The average Bonchev–Trinajstić information content (AvgIpc) is 3.15. The van der Waals surface area contributed by atoms with Crippen molar-refractivity contribution in [2.24, 2.45) is 0 Å². The van der Waals surface area contributed by atoms with E-state index in [1.165, 1.54) is 47.9 Å². The summed E-state index contributed by atoms with van der Waals surface area (Å²) < 4.78 is 32.3. The molecule has 0 aliphatic carbocycles. The Kier molecular flexibility index (Phi) is 6.40. The van der Waals surface area contributed by atoms with Gasteiger partial charge < -0.3 is 10.1 Å². The molecule has 1 amide bonds. The zero-order valence-corrected chi connectivity index (χ0v) is 17.2. The smallest absolute Gasteiger partial charge is 0.263 e. The molecule has 0 radical (unpaired) electrons. The van der Waals surface area contributed by atoms with Gasteiger partial charge in [-0.25, -0.2) is 13.4 Å². The summed E-state index contributed by atoms with van der Waals surface area (Å²) in [4.78, 5) is 15.9. The first-order valence-corrected chi connectivity index (χ1v) is 10.9. The van der Waals surface area contributed by atoms with E-state index in [0.29, 0.717) is 21.5 Å². The summed E-state index contributed by atoms with van der Waals surface area (Å²) in [6, 6.07) is 10.4. The number of ether oxygens (including phenoxy) is 1. The molecule has 0 atom stereocenters. The number of sulfonamides is 1. The summed E-state index contributed by atoms with van der Waals surface area (Å²) in [6.45, 7) is -0.246. The highest BCUT2D eigenvalue weighted by molar-refractivity contribution is 7.93. The summed E-state index contributed by atoms with van der Waals surface area (Å²) in [6.07, 6.45) is 1.50. The molecule has 0 bridgehead atoms. The summed E-state index contributed by atoms with van der Waals surface area (Å²) in [5.74, 6) is -0.0122. The number of aromatic nitrogens is 1. The molecule has 11 heteroatoms. The van der Waals surface area contributed by atoms with E-state index in [1.807, 2.05) is 0 Å². The first-order valence-electron chi connectivity index (χ1n) is 7.73. The van der Waals surface area contributed by atoms with Gasteiger partial charge in [0.15, 0.2) is 11.7 Å². The minimum Gasteiger partial charge on any atom is -0.484 e. The van der Waals surface area contributed by atoms with Crippen LogP contribution in [-0.2, 0) is 14.8 Å². The molecular formula is C17H13Cl2N3O4S2. The number of hydrogen-bond acceptors (Lipinski definition) is 6. The van der Waals surface area contributed by atoms with Crippen LogP contribution in [-0.4, -0.2) is 25.9 Å². The van der Waals surface area contributed by atoms with E-state index in [2.05, 4.69) is 15.0 Å². The SMILES string of the molecule is O=C(COc1ccc(Cl)c(Cl)c1)Nc1ccc(S(=O)(=O)Nc2nccs2)cc1. The van der Waals surface area contributed by atoms with E-state index in [1.54, 1.807) is 17.5 Å². The molecule has 0 aliphatic heterocycles. The van der Waals surface area contributed by atoms with Crippen molar-refractivity contribution in [2.75, 3.05) is 16.6 Å². The highest BCUT2D eigenvalue weighted by atomic mass is 35.5. The maximum Gasteiger partial charge on any atom is 0.263 e. The quantitative estimate of drug-likeness (QED) is 0.551. The van der Waals surface area contributed by atoms with Gasteiger partial charge in [-0.3, -0.25) is 9.52 Å². The third-order valence-electron chi connectivity index (χ3n) is 3.36. The Morgan fingerprint density at radius 1 is 1.11 bits per heavy atom. The first-order chi connectivity index (χ1) is 13.3. The van der Waals surface area contributed by atoms with Crippen LogP contribution in [0.5, 0.6) is 5.75 Å². The average molecular weight is 458 g/mol. The van der Waals surface area contributed by atoms with Crippen molar-refractivity contribution in [3.05, 3.63) is 64.1 Å². The number of rotatable bonds is 7. The second kappa shape index (κ2) is 8.78. The van der Waals surface area contributed by atoms with Crippen molar-refractivity contribution >= 4 is 61.3 Å². The van der Waals surface area contributed by atoms with Crippen LogP contribution in [0, 0.1) is 0 Å². The fourth-order valence-electron chi connectivity index (χ4n) is 2.08. The molecule has 0 saturated carbocycles. The molecule has 28 heavy (non-hydrogen) atoms. The van der Waals surface area contributed by atoms with Crippen molar-refractivity contribution in [2.45, 2.75) is 4.90 Å². The van der Waals surface area contributed by atoms with E-state index in [0.717, 1.165) is 0 Å². The fourth-order valence-corrected chi connectivity index (χ4v) is 4.15. The van der Waals surface area contributed by atoms with Crippen LogP contribution in [0.3, 0.4) is 0 Å². The van der Waals surface area contributed by atoms with Crippen molar-refractivity contribution < 1.29 is 17.9 Å². The maximum absolute atomic E-state index is 12.3. The predicted octanol–water partition coefficient (Wildman–Crippen LogP) is 4.27. The van der Waals surface area contributed by atoms with E-state index >= 15 is 0 Å². The van der Waals surface area contributed by atoms with Gasteiger partial charge in [0.25, 0.3) is 15.9 Å². The topological polar surface area (TPSA) is 97.4 Å². The fraction of sp³-hybridized carbons (Fsp3) is 0.0588. The largest absolute Gasteiger partial charge is 0.484 e. The Morgan fingerprint density at radius 2 is 1.86 bits per heavy atom. The second-order valence-electron chi connectivity index (χ2n) is 5.38. The molecule has 2 aromatic carbocycles. The zero-order chi connectivity index (χ0) is 20.1. The summed E-state index contributed by atoms with van der Waals surface area (Å²) in [5.41, 5.74) is 0.427. The van der Waals surface area contributed by atoms with E-state index in [-0.39, 0.29) is 16.6 Å². The number of carbonyl (C=O) groups is 1. The molecule has 0 unspecified atom stereocenters. The number of nitrogens with zero attached hydrogens (tertiary/aromatic N) is 1. The number of thiazole rings is 1. The summed E-state index contributed by atoms with van der Waals surface area (Å²) >= 11 is 12.9. The van der Waals surface area contributed by atoms with Gasteiger partial charge >= 0.3 is 0 Å². The number of carbonyl (C=O) groups excluding carboxylic acids is 1. The monoisotopic (exact) mass is 457 g/mol. The Balaban J connectivity index is 1.57. The van der Waals surface area contributed by atoms with E-state index in [4.69, 9.17) is 27.9 Å². The molecule has 1 aromatic heterocycles. The molecule has 0 spiro atoms. The molecular weight excluding hydrogens is 445 g/mol. The third-order valence-corrected chi connectivity index (χ3v) is 6.27. The number of halogens is 2. The lowest BCUT2D eigenvalue weighted by Crippen LogP contribution is -2.20. The summed E-state index contributed by atoms with van der Waals surface area (Å²) in [7, 11) is -3.75. The minimum absolute atomic E-state index is 0.0488. The highest BCUT2D eigenvalue weighted by Crippen LogP contribution is 2.26. The second-order valence-corrected chi connectivity index (χ2v) is 8.77. The molecule has 0 aliphatic rings. The molecule has 3 rings (SSSR count). The summed E-state index contributed by atoms with van der Waals surface area (Å²) in [5, 5.41) is 5.26. The lowest BCUT2D eigenvalue weighted by Gasteiger charge is -2.09. The van der Waals surface area contributed by atoms with Gasteiger partial charge in [0.1, 0.15) is 5.75 Å². The highest BCUT2D eigenvalue weighted by Gasteiger charge is 2.15. The van der Waals surface area contributed by atoms with Crippen LogP contribution in [0.1, 0.15) is 0 Å². The lowest BCUT2D eigenvalue weighted by molar-refractivity contribution is -0.118. The number of amides is 1. The van der Waals surface area contributed by atoms with E-state index in [9.17, 15) is 13.2 Å². The standard InChI is InChI=1S/C17H13Cl2N3O4S2/c18-14-6-3-12(9-15(14)19)26-10-16(23)21-11-1-4-13(5-2-11)28(24,25)22-17-20-7-8-27-17/h1-9H,10H2,(H,20,22)(H,21,23). The van der Waals surface area contributed by atoms with Gasteiger partial charge in [-0.2, -0.15) is 0 Å². The zero-order valence-electron chi connectivity index (χ0n) is 14.1. The molecule has 3 aromatic rings. The first kappa shape index (κ1) is 20.4. The molecule has 2 N–H and O–H groups in total. The molecule has 146 valence electrons. The normalized spacial score (nSPS) is 11.1. The maximum atomic E-state index is 12.3. The Morgan fingerprint density at radius 3 is 2.50 bits per heavy atom. The Bertz CT molecular complexity index is 1070. The number of hydrogen-bond donors (Lipinski definition) is 2. The van der Waals surface area contributed by atoms with Crippen LogP contribution < -0.4 is 14.8 Å². The van der Waals surface area contributed by atoms with Crippen molar-refractivity contribution in [3.8, 4) is 5.75 Å². The third kappa shape index (κ3) is 5.35. The van der Waals surface area contributed by atoms with Gasteiger partial charge in [0.05, 0.1) is 14.9 Å². The number of nitrogens with one attached hydrogen (secondary N) is 2. The number of anilines is 2. The van der Waals surface area contributed by atoms with Crippen LogP contribution in [0.2, 0.25) is 10.0 Å². The molecule has 0 saturated heterocycles. The molecule has 7 nitrogen and oxygen atoms in total. The van der Waals surface area contributed by atoms with Gasteiger partial charge in [0, 0.05) is 23.3 Å². The van der Waals surface area contributed by atoms with Crippen LogP contribution >= 0.6 is 34.5 Å².